The average molecular weight is 488 g/mol. The van der Waals surface area contributed by atoms with Crippen LogP contribution in [0.25, 0.3) is 66.2 Å². The number of furan rings is 1. The number of pyridine rings is 1. The number of hydrogen-bond donors (Lipinski definition) is 0. The Balaban J connectivity index is 1.61. The third-order valence-corrected chi connectivity index (χ3v) is 8.30. The van der Waals surface area contributed by atoms with Crippen molar-refractivity contribution in [1.82, 2.24) is 4.98 Å². The Kier molecular flexibility index (Phi) is 4.31. The average Bonchev–Trinajstić information content (AvgIpc) is 3.33. The van der Waals surface area contributed by atoms with E-state index in [1.807, 2.05) is 12.3 Å². The van der Waals surface area contributed by atoms with Gasteiger partial charge < -0.3 is 4.42 Å². The summed E-state index contributed by atoms with van der Waals surface area (Å²) in [7, 11) is 0. The third-order valence-electron chi connectivity index (χ3n) is 8.30. The minimum Gasteiger partial charge on any atom is -0.455 e. The molecule has 0 atom stereocenters. The summed E-state index contributed by atoms with van der Waals surface area (Å²) < 4.78 is 6.94. The molecule has 7 aromatic rings. The Morgan fingerprint density at radius 1 is 0.579 bits per heavy atom. The SMILES string of the molecule is CC1(C)c2c(ccc3ccccc23)-c2ncc(-c3ccccc3)c3oc4c(-c5ccccc5)ccc1c4c23. The van der Waals surface area contributed by atoms with Crippen LogP contribution >= 0.6 is 0 Å². The van der Waals surface area contributed by atoms with Crippen LogP contribution in [-0.2, 0) is 5.41 Å². The quantitative estimate of drug-likeness (QED) is 0.242. The molecule has 0 bridgehead atoms. The van der Waals surface area contributed by atoms with Crippen LogP contribution in [0.15, 0.2) is 120 Å². The van der Waals surface area contributed by atoms with Crippen LogP contribution in [0.5, 0.6) is 0 Å². The lowest BCUT2D eigenvalue weighted by atomic mass is 9.73. The summed E-state index contributed by atoms with van der Waals surface area (Å²) in [6.45, 7) is 4.69. The highest BCUT2D eigenvalue weighted by molar-refractivity contribution is 6.21. The maximum atomic E-state index is 6.94. The van der Waals surface area contributed by atoms with E-state index in [4.69, 9.17) is 9.40 Å². The predicted octanol–water partition coefficient (Wildman–Crippen LogP) is 9.77. The molecule has 2 aromatic heterocycles. The Hall–Kier alpha value is -4.69. The lowest BCUT2D eigenvalue weighted by Gasteiger charge is -2.29. The molecule has 8 rings (SSSR count). The van der Waals surface area contributed by atoms with Crippen LogP contribution in [0.4, 0.5) is 0 Å². The van der Waals surface area contributed by atoms with E-state index in [1.165, 1.54) is 32.8 Å². The first-order valence-corrected chi connectivity index (χ1v) is 13.1. The van der Waals surface area contributed by atoms with Gasteiger partial charge in [0.25, 0.3) is 0 Å². The summed E-state index contributed by atoms with van der Waals surface area (Å²) in [5.41, 5.74) is 10.7. The highest BCUT2D eigenvalue weighted by Gasteiger charge is 2.37. The summed E-state index contributed by atoms with van der Waals surface area (Å²) >= 11 is 0. The van der Waals surface area contributed by atoms with Crippen molar-refractivity contribution in [2.75, 3.05) is 0 Å². The van der Waals surface area contributed by atoms with Gasteiger partial charge in [-0.3, -0.25) is 4.98 Å². The van der Waals surface area contributed by atoms with Crippen molar-refractivity contribution in [2.45, 2.75) is 19.3 Å². The molecule has 1 aliphatic rings. The van der Waals surface area contributed by atoms with Crippen molar-refractivity contribution in [2.24, 2.45) is 0 Å². The standard InChI is InChI=1S/C36H25NO/c1-36(2)29-20-19-26(22-11-5-3-6-12-22)34-30(29)31-33(27-18-17-24-15-9-10-16-25(24)32(27)36)37-21-28(35(31)38-34)23-13-7-4-8-14-23/h3-21H,1-2H3. The smallest absolute Gasteiger partial charge is 0.147 e. The molecule has 1 aliphatic carbocycles. The van der Waals surface area contributed by atoms with E-state index in [-0.39, 0.29) is 5.41 Å². The molecule has 2 nitrogen and oxygen atoms in total. The largest absolute Gasteiger partial charge is 0.455 e. The molecule has 0 unspecified atom stereocenters. The maximum Gasteiger partial charge on any atom is 0.147 e. The molecule has 0 N–H and O–H groups in total. The van der Waals surface area contributed by atoms with Gasteiger partial charge in [0.15, 0.2) is 0 Å². The number of rotatable bonds is 2. The van der Waals surface area contributed by atoms with Gasteiger partial charge in [0.05, 0.1) is 11.1 Å². The van der Waals surface area contributed by atoms with Crippen LogP contribution in [-0.4, -0.2) is 4.98 Å². The second-order valence-electron chi connectivity index (χ2n) is 10.8. The second-order valence-corrected chi connectivity index (χ2v) is 10.8. The molecule has 2 heteroatoms. The van der Waals surface area contributed by atoms with Crippen LogP contribution < -0.4 is 0 Å². The molecule has 0 aliphatic heterocycles. The minimum atomic E-state index is -0.270. The predicted molar refractivity (Wildman–Crippen MR) is 157 cm³/mol. The van der Waals surface area contributed by atoms with Crippen molar-refractivity contribution < 1.29 is 4.42 Å². The van der Waals surface area contributed by atoms with Gasteiger partial charge in [0, 0.05) is 33.7 Å². The molecule has 38 heavy (non-hydrogen) atoms. The molecular formula is C36H25NO. The first-order valence-electron chi connectivity index (χ1n) is 13.1. The highest BCUT2D eigenvalue weighted by Crippen LogP contribution is 2.53. The molecule has 5 aromatic carbocycles. The van der Waals surface area contributed by atoms with Gasteiger partial charge in [-0.2, -0.15) is 0 Å². The third kappa shape index (κ3) is 2.80. The van der Waals surface area contributed by atoms with Gasteiger partial charge >= 0.3 is 0 Å². The number of hydrogen-bond acceptors (Lipinski definition) is 2. The Morgan fingerprint density at radius 2 is 1.21 bits per heavy atom. The molecular weight excluding hydrogens is 462 g/mol. The van der Waals surface area contributed by atoms with Gasteiger partial charge in [0.2, 0.25) is 0 Å². The fourth-order valence-electron chi connectivity index (χ4n) is 6.54. The topological polar surface area (TPSA) is 26.0 Å². The molecule has 0 fully saturated rings. The Bertz CT molecular complexity index is 2030. The highest BCUT2D eigenvalue weighted by atomic mass is 16.3. The molecule has 0 spiro atoms. The first-order chi connectivity index (χ1) is 18.6. The van der Waals surface area contributed by atoms with E-state index in [0.717, 1.165) is 44.5 Å². The van der Waals surface area contributed by atoms with Gasteiger partial charge in [-0.25, -0.2) is 0 Å². The maximum absolute atomic E-state index is 6.94. The van der Waals surface area contributed by atoms with Crippen molar-refractivity contribution in [3.05, 3.63) is 127 Å². The minimum absolute atomic E-state index is 0.270. The zero-order valence-electron chi connectivity index (χ0n) is 21.3. The van der Waals surface area contributed by atoms with E-state index >= 15 is 0 Å². The Morgan fingerprint density at radius 3 is 1.97 bits per heavy atom. The summed E-state index contributed by atoms with van der Waals surface area (Å²) in [5.74, 6) is 0. The summed E-state index contributed by atoms with van der Waals surface area (Å²) in [6.07, 6.45) is 1.99. The van der Waals surface area contributed by atoms with Crippen molar-refractivity contribution in [3.63, 3.8) is 0 Å². The normalized spacial score (nSPS) is 13.7. The molecule has 0 radical (unpaired) electrons. The van der Waals surface area contributed by atoms with Gasteiger partial charge in [-0.1, -0.05) is 123 Å². The summed E-state index contributed by atoms with van der Waals surface area (Å²) in [6, 6.07) is 38.7. The number of nitrogens with zero attached hydrogens (tertiary/aromatic N) is 1. The van der Waals surface area contributed by atoms with Crippen molar-refractivity contribution in [3.8, 4) is 33.5 Å². The van der Waals surface area contributed by atoms with Gasteiger partial charge in [0.1, 0.15) is 11.2 Å². The second kappa shape index (κ2) is 7.66. The summed E-state index contributed by atoms with van der Waals surface area (Å²) in [5, 5.41) is 4.81. The van der Waals surface area contributed by atoms with Crippen molar-refractivity contribution >= 4 is 32.7 Å². The molecule has 2 heterocycles. The zero-order valence-corrected chi connectivity index (χ0v) is 21.3. The van der Waals surface area contributed by atoms with Gasteiger partial charge in [-0.05, 0) is 33.0 Å². The van der Waals surface area contributed by atoms with E-state index in [2.05, 4.69) is 117 Å². The number of fused-ring (bicyclic) bond motifs is 4. The molecule has 180 valence electrons. The van der Waals surface area contributed by atoms with Gasteiger partial charge in [-0.15, -0.1) is 0 Å². The lowest BCUT2D eigenvalue weighted by molar-refractivity contribution is 0.648. The molecule has 0 saturated heterocycles. The fraction of sp³-hybridized carbons (Fsp3) is 0.0833. The zero-order chi connectivity index (χ0) is 25.4. The van der Waals surface area contributed by atoms with Crippen LogP contribution in [0.1, 0.15) is 25.0 Å². The Labute approximate surface area is 221 Å². The first kappa shape index (κ1) is 21.4. The van der Waals surface area contributed by atoms with Crippen molar-refractivity contribution in [1.29, 1.82) is 0 Å². The number of aromatic nitrogens is 1. The van der Waals surface area contributed by atoms with E-state index in [0.29, 0.717) is 0 Å². The summed E-state index contributed by atoms with van der Waals surface area (Å²) in [4.78, 5) is 5.18. The van der Waals surface area contributed by atoms with E-state index < -0.39 is 0 Å². The molecule has 0 saturated carbocycles. The monoisotopic (exact) mass is 487 g/mol. The molecule has 0 amide bonds. The van der Waals surface area contributed by atoms with E-state index in [9.17, 15) is 0 Å². The fourth-order valence-corrected chi connectivity index (χ4v) is 6.54. The van der Waals surface area contributed by atoms with Crippen LogP contribution in [0, 0.1) is 0 Å². The van der Waals surface area contributed by atoms with Crippen LogP contribution in [0.3, 0.4) is 0 Å². The van der Waals surface area contributed by atoms with E-state index in [1.54, 1.807) is 0 Å². The lowest BCUT2D eigenvalue weighted by Crippen LogP contribution is -2.20. The van der Waals surface area contributed by atoms with Crippen LogP contribution in [0.2, 0.25) is 0 Å². The number of benzene rings is 5.